The van der Waals surface area contributed by atoms with Crippen molar-refractivity contribution in [3.05, 3.63) is 59.7 Å². The van der Waals surface area contributed by atoms with Crippen molar-refractivity contribution >= 4 is 11.8 Å². The topological polar surface area (TPSA) is 85.9 Å². The second-order valence-corrected chi connectivity index (χ2v) is 5.85. The maximum atomic E-state index is 11.7. The minimum absolute atomic E-state index is 0.184. The lowest BCUT2D eigenvalue weighted by Gasteiger charge is -2.10. The van der Waals surface area contributed by atoms with Gasteiger partial charge in [0.25, 0.3) is 11.8 Å². The molecule has 2 aromatic rings. The first-order valence-corrected chi connectivity index (χ1v) is 8.58. The molecular weight excluding hydrogens is 348 g/mol. The Morgan fingerprint density at radius 2 is 1.48 bits per heavy atom. The van der Waals surface area contributed by atoms with E-state index in [1.54, 1.807) is 6.07 Å². The zero-order valence-corrected chi connectivity index (χ0v) is 15.5. The van der Waals surface area contributed by atoms with E-state index in [4.69, 9.17) is 14.2 Å². The zero-order chi connectivity index (χ0) is 19.5. The molecule has 0 bridgehead atoms. The molecule has 2 amide bonds. The molecule has 144 valence electrons. The molecule has 2 N–H and O–H groups in total. The summed E-state index contributed by atoms with van der Waals surface area (Å²) in [5.74, 6) is 0.408. The second kappa shape index (κ2) is 10.8. The Kier molecular flexibility index (Phi) is 8.12. The molecule has 0 radical (unpaired) electrons. The number of aryl methyl sites for hydroxylation is 2. The summed E-state index contributed by atoms with van der Waals surface area (Å²) in [6.45, 7) is 4.16. The van der Waals surface area contributed by atoms with Crippen molar-refractivity contribution in [2.75, 3.05) is 26.4 Å². The lowest BCUT2D eigenvalue weighted by molar-refractivity contribution is -0.132. The Hall–Kier alpha value is -3.06. The molecule has 0 saturated carbocycles. The molecule has 0 heterocycles. The molecule has 2 rings (SSSR count). The SMILES string of the molecule is Cc1ccc(OCC(=O)NNC(=O)COCCOc2ccccc2)cc1C. The van der Waals surface area contributed by atoms with Crippen molar-refractivity contribution in [2.45, 2.75) is 13.8 Å². The molecule has 0 aliphatic heterocycles. The highest BCUT2D eigenvalue weighted by Crippen LogP contribution is 2.16. The number of carbonyl (C=O) groups excluding carboxylic acids is 2. The zero-order valence-electron chi connectivity index (χ0n) is 15.5. The maximum Gasteiger partial charge on any atom is 0.276 e. The highest BCUT2D eigenvalue weighted by Gasteiger charge is 2.06. The number of hydrazine groups is 1. The summed E-state index contributed by atoms with van der Waals surface area (Å²) in [6.07, 6.45) is 0. The third-order valence-corrected chi connectivity index (χ3v) is 3.66. The number of ether oxygens (including phenoxy) is 3. The smallest absolute Gasteiger partial charge is 0.276 e. The van der Waals surface area contributed by atoms with Gasteiger partial charge in [0.05, 0.1) is 6.61 Å². The van der Waals surface area contributed by atoms with Gasteiger partial charge in [-0.2, -0.15) is 0 Å². The van der Waals surface area contributed by atoms with Gasteiger partial charge in [-0.05, 0) is 49.2 Å². The van der Waals surface area contributed by atoms with Gasteiger partial charge in [0, 0.05) is 0 Å². The van der Waals surface area contributed by atoms with Gasteiger partial charge >= 0.3 is 0 Å². The first kappa shape index (κ1) is 20.3. The molecule has 2 aromatic carbocycles. The second-order valence-electron chi connectivity index (χ2n) is 5.85. The van der Waals surface area contributed by atoms with Crippen molar-refractivity contribution < 1.29 is 23.8 Å². The van der Waals surface area contributed by atoms with Crippen LogP contribution in [0, 0.1) is 13.8 Å². The molecule has 7 heteroatoms. The van der Waals surface area contributed by atoms with E-state index >= 15 is 0 Å². The summed E-state index contributed by atoms with van der Waals surface area (Å²) in [7, 11) is 0. The predicted molar refractivity (Wildman–Crippen MR) is 100 cm³/mol. The molecule has 0 aliphatic carbocycles. The van der Waals surface area contributed by atoms with Gasteiger partial charge in [-0.15, -0.1) is 0 Å². The number of hydrogen-bond donors (Lipinski definition) is 2. The summed E-state index contributed by atoms with van der Waals surface area (Å²) in [5.41, 5.74) is 6.76. The number of rotatable bonds is 9. The van der Waals surface area contributed by atoms with Gasteiger partial charge < -0.3 is 14.2 Å². The molecule has 0 unspecified atom stereocenters. The largest absolute Gasteiger partial charge is 0.491 e. The van der Waals surface area contributed by atoms with Gasteiger partial charge in [-0.25, -0.2) is 0 Å². The van der Waals surface area contributed by atoms with Crippen LogP contribution in [-0.4, -0.2) is 38.2 Å². The fourth-order valence-electron chi connectivity index (χ4n) is 2.06. The van der Waals surface area contributed by atoms with Crippen LogP contribution in [0.3, 0.4) is 0 Å². The van der Waals surface area contributed by atoms with E-state index < -0.39 is 11.8 Å². The van der Waals surface area contributed by atoms with Crippen molar-refractivity contribution in [1.82, 2.24) is 10.9 Å². The monoisotopic (exact) mass is 372 g/mol. The van der Waals surface area contributed by atoms with Gasteiger partial charge in [0.1, 0.15) is 24.7 Å². The lowest BCUT2D eigenvalue weighted by Crippen LogP contribution is -2.45. The Morgan fingerprint density at radius 3 is 2.19 bits per heavy atom. The molecule has 0 saturated heterocycles. The number of benzene rings is 2. The fraction of sp³-hybridized carbons (Fsp3) is 0.300. The van der Waals surface area contributed by atoms with Crippen molar-refractivity contribution in [2.24, 2.45) is 0 Å². The lowest BCUT2D eigenvalue weighted by atomic mass is 10.1. The first-order valence-electron chi connectivity index (χ1n) is 8.58. The van der Waals surface area contributed by atoms with Crippen molar-refractivity contribution in [3.63, 3.8) is 0 Å². The van der Waals surface area contributed by atoms with E-state index in [-0.39, 0.29) is 19.8 Å². The van der Waals surface area contributed by atoms with Crippen LogP contribution < -0.4 is 20.3 Å². The summed E-state index contributed by atoms with van der Waals surface area (Å²) >= 11 is 0. The minimum Gasteiger partial charge on any atom is -0.491 e. The van der Waals surface area contributed by atoms with Crippen LogP contribution in [0.25, 0.3) is 0 Å². The Balaban J connectivity index is 1.54. The number of carbonyl (C=O) groups is 2. The molecule has 7 nitrogen and oxygen atoms in total. The minimum atomic E-state index is -0.464. The molecular formula is C20H24N2O5. The Labute approximate surface area is 158 Å². The van der Waals surface area contributed by atoms with E-state index in [9.17, 15) is 9.59 Å². The normalized spacial score (nSPS) is 10.1. The Bertz CT molecular complexity index is 749. The first-order chi connectivity index (χ1) is 13.0. The number of hydrogen-bond acceptors (Lipinski definition) is 5. The quantitative estimate of drug-likeness (QED) is 0.519. The van der Waals surface area contributed by atoms with Crippen LogP contribution in [0.4, 0.5) is 0 Å². The third-order valence-electron chi connectivity index (χ3n) is 3.66. The van der Waals surface area contributed by atoms with Gasteiger partial charge in [-0.1, -0.05) is 24.3 Å². The number of amides is 2. The van der Waals surface area contributed by atoms with Crippen LogP contribution >= 0.6 is 0 Å². The molecule has 27 heavy (non-hydrogen) atoms. The summed E-state index contributed by atoms with van der Waals surface area (Å²) < 4.78 is 16.0. The molecule has 0 spiro atoms. The van der Waals surface area contributed by atoms with E-state index in [1.165, 1.54) is 0 Å². The van der Waals surface area contributed by atoms with E-state index in [1.807, 2.05) is 56.3 Å². The predicted octanol–water partition coefficient (Wildman–Crippen LogP) is 1.93. The van der Waals surface area contributed by atoms with Gasteiger partial charge in [0.15, 0.2) is 6.61 Å². The molecule has 0 atom stereocenters. The summed E-state index contributed by atoms with van der Waals surface area (Å²) in [4.78, 5) is 23.3. The average molecular weight is 372 g/mol. The summed E-state index contributed by atoms with van der Waals surface area (Å²) in [6, 6.07) is 14.9. The van der Waals surface area contributed by atoms with Crippen LogP contribution in [0.2, 0.25) is 0 Å². The van der Waals surface area contributed by atoms with Crippen LogP contribution in [0.5, 0.6) is 11.5 Å². The number of nitrogens with one attached hydrogen (secondary N) is 2. The van der Waals surface area contributed by atoms with Crippen molar-refractivity contribution in [1.29, 1.82) is 0 Å². The third kappa shape index (κ3) is 7.79. The standard InChI is InChI=1S/C20H24N2O5/c1-15-8-9-18(12-16(15)2)27-14-20(24)22-21-19(23)13-25-10-11-26-17-6-4-3-5-7-17/h3-9,12H,10-11,13-14H2,1-2H3,(H,21,23)(H,22,24). The highest BCUT2D eigenvalue weighted by molar-refractivity contribution is 5.83. The van der Waals surface area contributed by atoms with Crippen LogP contribution in [0.15, 0.2) is 48.5 Å². The van der Waals surface area contributed by atoms with Gasteiger partial charge in [-0.3, -0.25) is 20.4 Å². The Morgan fingerprint density at radius 1 is 0.778 bits per heavy atom. The number of para-hydroxylation sites is 1. The summed E-state index contributed by atoms with van der Waals surface area (Å²) in [5, 5.41) is 0. The van der Waals surface area contributed by atoms with Crippen LogP contribution in [-0.2, 0) is 14.3 Å². The maximum absolute atomic E-state index is 11.7. The van der Waals surface area contributed by atoms with E-state index in [0.717, 1.165) is 16.9 Å². The molecule has 0 fully saturated rings. The highest BCUT2D eigenvalue weighted by atomic mass is 16.5. The van der Waals surface area contributed by atoms with E-state index in [2.05, 4.69) is 10.9 Å². The molecule has 0 aromatic heterocycles. The molecule has 0 aliphatic rings. The van der Waals surface area contributed by atoms with Crippen LogP contribution in [0.1, 0.15) is 11.1 Å². The average Bonchev–Trinajstić information content (AvgIpc) is 2.68. The van der Waals surface area contributed by atoms with E-state index in [0.29, 0.717) is 12.4 Å². The van der Waals surface area contributed by atoms with Crippen molar-refractivity contribution in [3.8, 4) is 11.5 Å². The van der Waals surface area contributed by atoms with Gasteiger partial charge in [0.2, 0.25) is 0 Å². The fourth-order valence-corrected chi connectivity index (χ4v) is 2.06.